The van der Waals surface area contributed by atoms with Crippen LogP contribution in [0.4, 0.5) is 5.95 Å². The Kier molecular flexibility index (Phi) is 6.38. The molecule has 0 bridgehead atoms. The zero-order chi connectivity index (χ0) is 21.0. The first kappa shape index (κ1) is 20.7. The molecule has 8 nitrogen and oxygen atoms in total. The molecule has 1 amide bonds. The lowest BCUT2D eigenvalue weighted by Gasteiger charge is -2.23. The zero-order valence-corrected chi connectivity index (χ0v) is 17.7. The fourth-order valence-electron chi connectivity index (χ4n) is 2.67. The van der Waals surface area contributed by atoms with Crippen molar-refractivity contribution in [1.82, 2.24) is 25.1 Å². The Labute approximate surface area is 173 Å². The van der Waals surface area contributed by atoms with Crippen LogP contribution in [0.15, 0.2) is 46.8 Å². The maximum absolute atomic E-state index is 12.7. The van der Waals surface area contributed by atoms with Crippen LogP contribution in [0, 0.1) is 5.92 Å². The van der Waals surface area contributed by atoms with Gasteiger partial charge in [0.25, 0.3) is 11.5 Å². The van der Waals surface area contributed by atoms with Gasteiger partial charge in [0, 0.05) is 32.6 Å². The van der Waals surface area contributed by atoms with Crippen LogP contribution in [0.25, 0.3) is 10.6 Å². The Morgan fingerprint density at radius 1 is 1.21 bits per heavy atom. The number of anilines is 1. The maximum Gasteiger partial charge on any atom is 0.266 e. The summed E-state index contributed by atoms with van der Waals surface area (Å²) in [6.45, 7) is 4.26. The highest BCUT2D eigenvalue weighted by molar-refractivity contribution is 7.13. The summed E-state index contributed by atoms with van der Waals surface area (Å²) >= 11 is 1.56. The van der Waals surface area contributed by atoms with E-state index in [0.717, 1.165) is 10.6 Å². The van der Waals surface area contributed by atoms with Crippen molar-refractivity contribution in [3.05, 3.63) is 58.0 Å². The molecule has 3 rings (SSSR count). The lowest BCUT2D eigenvalue weighted by atomic mass is 10.0. The summed E-state index contributed by atoms with van der Waals surface area (Å²) in [6.07, 6.45) is 2.99. The molecular formula is C20H24N6O2S. The van der Waals surface area contributed by atoms with E-state index >= 15 is 0 Å². The van der Waals surface area contributed by atoms with E-state index in [1.54, 1.807) is 22.3 Å². The van der Waals surface area contributed by atoms with E-state index in [-0.39, 0.29) is 30.0 Å². The summed E-state index contributed by atoms with van der Waals surface area (Å²) in [6, 6.07) is 6.85. The maximum atomic E-state index is 12.7. The molecule has 29 heavy (non-hydrogen) atoms. The first-order valence-corrected chi connectivity index (χ1v) is 10.2. The van der Waals surface area contributed by atoms with E-state index in [0.29, 0.717) is 11.5 Å². The number of carbonyl (C=O) groups excluding carboxylic acids is 1. The minimum absolute atomic E-state index is 0.0972. The fourth-order valence-corrected chi connectivity index (χ4v) is 3.36. The van der Waals surface area contributed by atoms with Crippen molar-refractivity contribution in [1.29, 1.82) is 0 Å². The second kappa shape index (κ2) is 8.95. The van der Waals surface area contributed by atoms with Crippen LogP contribution in [-0.4, -0.2) is 45.8 Å². The molecule has 9 heteroatoms. The summed E-state index contributed by atoms with van der Waals surface area (Å²) < 4.78 is 1.41. The summed E-state index contributed by atoms with van der Waals surface area (Å²) in [4.78, 5) is 36.1. The highest BCUT2D eigenvalue weighted by atomic mass is 32.1. The van der Waals surface area contributed by atoms with Crippen molar-refractivity contribution in [2.24, 2.45) is 5.92 Å². The molecular weight excluding hydrogens is 388 g/mol. The summed E-state index contributed by atoms with van der Waals surface area (Å²) in [7, 11) is 3.66. The largest absolute Gasteiger partial charge is 0.347 e. The topological polar surface area (TPSA) is 93.0 Å². The van der Waals surface area contributed by atoms with Crippen LogP contribution in [-0.2, 0) is 6.54 Å². The van der Waals surface area contributed by atoms with E-state index < -0.39 is 0 Å². The molecule has 1 N–H and O–H groups in total. The number of nitrogens with one attached hydrogen (secondary N) is 1. The Bertz CT molecular complexity index is 1010. The third-order valence-corrected chi connectivity index (χ3v) is 5.32. The first-order chi connectivity index (χ1) is 13.8. The van der Waals surface area contributed by atoms with Crippen molar-refractivity contribution in [2.75, 3.05) is 19.0 Å². The van der Waals surface area contributed by atoms with Gasteiger partial charge in [-0.1, -0.05) is 19.9 Å². The molecule has 0 fully saturated rings. The standard InChI is InChI=1S/C20H24N6O2S/c1-13(2)16(23-19(28)14-10-21-20(22-11-14)25(3)4)12-26-18(27)8-7-15(24-26)17-6-5-9-29-17/h5-11,13,16H,12H2,1-4H3,(H,23,28)/t16-/m0/s1. The molecule has 0 saturated heterocycles. The second-order valence-electron chi connectivity index (χ2n) is 7.21. The van der Waals surface area contributed by atoms with Crippen LogP contribution in [0.3, 0.4) is 0 Å². The molecule has 0 saturated carbocycles. The van der Waals surface area contributed by atoms with Gasteiger partial charge >= 0.3 is 0 Å². The van der Waals surface area contributed by atoms with Crippen LogP contribution in [0.2, 0.25) is 0 Å². The van der Waals surface area contributed by atoms with Crippen LogP contribution in [0.5, 0.6) is 0 Å². The molecule has 0 unspecified atom stereocenters. The van der Waals surface area contributed by atoms with Gasteiger partial charge in [-0.2, -0.15) is 5.10 Å². The molecule has 0 spiro atoms. The van der Waals surface area contributed by atoms with Crippen molar-refractivity contribution in [2.45, 2.75) is 26.4 Å². The Morgan fingerprint density at radius 2 is 1.93 bits per heavy atom. The number of amides is 1. The predicted molar refractivity (Wildman–Crippen MR) is 114 cm³/mol. The lowest BCUT2D eigenvalue weighted by molar-refractivity contribution is 0.0918. The van der Waals surface area contributed by atoms with E-state index in [4.69, 9.17) is 0 Å². The van der Waals surface area contributed by atoms with Crippen molar-refractivity contribution < 1.29 is 4.79 Å². The molecule has 1 atom stereocenters. The lowest BCUT2D eigenvalue weighted by Crippen LogP contribution is -2.44. The van der Waals surface area contributed by atoms with Crippen molar-refractivity contribution in [3.8, 4) is 10.6 Å². The second-order valence-corrected chi connectivity index (χ2v) is 8.15. The normalized spacial score (nSPS) is 12.0. The Morgan fingerprint density at radius 3 is 2.52 bits per heavy atom. The minimum atomic E-state index is -0.281. The van der Waals surface area contributed by atoms with Gasteiger partial charge in [0.1, 0.15) is 5.69 Å². The highest BCUT2D eigenvalue weighted by Gasteiger charge is 2.20. The first-order valence-electron chi connectivity index (χ1n) is 9.27. The predicted octanol–water partition coefficient (Wildman–Crippen LogP) is 2.28. The Balaban J connectivity index is 1.77. The molecule has 0 aliphatic heterocycles. The van der Waals surface area contributed by atoms with Crippen LogP contribution in [0.1, 0.15) is 24.2 Å². The molecule has 152 valence electrons. The minimum Gasteiger partial charge on any atom is -0.347 e. The SMILES string of the molecule is CC(C)[C@H](Cn1nc(-c2cccs2)ccc1=O)NC(=O)c1cnc(N(C)C)nc1. The van der Waals surface area contributed by atoms with Gasteiger partial charge < -0.3 is 10.2 Å². The van der Waals surface area contributed by atoms with Gasteiger partial charge in [-0.15, -0.1) is 11.3 Å². The summed E-state index contributed by atoms with van der Waals surface area (Å²) in [5.41, 5.74) is 0.902. The third-order valence-electron chi connectivity index (χ3n) is 4.43. The molecule has 0 radical (unpaired) electrons. The third kappa shape index (κ3) is 5.05. The van der Waals surface area contributed by atoms with E-state index in [1.165, 1.54) is 23.1 Å². The quantitative estimate of drug-likeness (QED) is 0.640. The number of carbonyl (C=O) groups is 1. The molecule has 3 heterocycles. The number of thiophene rings is 1. The summed E-state index contributed by atoms with van der Waals surface area (Å²) in [5, 5.41) is 9.43. The molecule has 0 aliphatic rings. The summed E-state index contributed by atoms with van der Waals surface area (Å²) in [5.74, 6) is 0.347. The van der Waals surface area contributed by atoms with Crippen LogP contribution < -0.4 is 15.8 Å². The van der Waals surface area contributed by atoms with Gasteiger partial charge in [0.05, 0.1) is 23.0 Å². The highest BCUT2D eigenvalue weighted by Crippen LogP contribution is 2.21. The number of hydrogen-bond acceptors (Lipinski definition) is 7. The van der Waals surface area contributed by atoms with E-state index in [9.17, 15) is 9.59 Å². The van der Waals surface area contributed by atoms with E-state index in [2.05, 4.69) is 20.4 Å². The van der Waals surface area contributed by atoms with Crippen molar-refractivity contribution >= 4 is 23.2 Å². The van der Waals surface area contributed by atoms with E-state index in [1.807, 2.05) is 45.5 Å². The van der Waals surface area contributed by atoms with Crippen LogP contribution >= 0.6 is 11.3 Å². The smallest absolute Gasteiger partial charge is 0.266 e. The van der Waals surface area contributed by atoms with Gasteiger partial charge in [-0.05, 0) is 23.4 Å². The number of hydrogen-bond donors (Lipinski definition) is 1. The van der Waals surface area contributed by atoms with Gasteiger partial charge in [-0.3, -0.25) is 9.59 Å². The molecule has 3 aromatic heterocycles. The zero-order valence-electron chi connectivity index (χ0n) is 16.9. The van der Waals surface area contributed by atoms with Gasteiger partial charge in [0.2, 0.25) is 5.95 Å². The molecule has 0 aromatic carbocycles. The van der Waals surface area contributed by atoms with Crippen molar-refractivity contribution in [3.63, 3.8) is 0 Å². The van der Waals surface area contributed by atoms with Gasteiger partial charge in [-0.25, -0.2) is 14.6 Å². The number of rotatable bonds is 7. The molecule has 0 aliphatic carbocycles. The molecule has 3 aromatic rings. The number of aromatic nitrogens is 4. The van der Waals surface area contributed by atoms with Gasteiger partial charge in [0.15, 0.2) is 0 Å². The monoisotopic (exact) mass is 412 g/mol. The number of nitrogens with zero attached hydrogens (tertiary/aromatic N) is 5. The average molecular weight is 413 g/mol. The Hall–Kier alpha value is -3.07. The fraction of sp³-hybridized carbons (Fsp3) is 0.350. The average Bonchev–Trinajstić information content (AvgIpc) is 3.23.